The Morgan fingerprint density at radius 2 is 1.40 bits per heavy atom. The topological polar surface area (TPSA) is 38.4 Å². The third-order valence-electron chi connectivity index (χ3n) is 3.20. The Labute approximate surface area is 126 Å². The minimum atomic E-state index is 0.845. The number of thiocarbonyl (C=S) groups is 1. The summed E-state index contributed by atoms with van der Waals surface area (Å²) >= 11 is 4.49. The Balaban J connectivity index is 0.000000204. The summed E-state index contributed by atoms with van der Waals surface area (Å²) in [6, 6.07) is 11.9. The van der Waals surface area contributed by atoms with E-state index in [4.69, 9.17) is 5.73 Å². The summed E-state index contributed by atoms with van der Waals surface area (Å²) in [7, 11) is 0. The standard InChI is InChI=1S/C9H9NS.C8H11N/c1-7-3-4-9(10-6-11)5-8(7)2;1-6-3-4-8(9)5-7(6)2/h3-5H,1-2H3;3-5H,9H2,1-2H3. The van der Waals surface area contributed by atoms with Crippen molar-refractivity contribution in [3.63, 3.8) is 0 Å². The Hall–Kier alpha value is -1.96. The first-order valence-corrected chi connectivity index (χ1v) is 6.82. The molecule has 0 fully saturated rings. The second kappa shape index (κ2) is 7.59. The van der Waals surface area contributed by atoms with Crippen molar-refractivity contribution in [2.24, 2.45) is 4.99 Å². The highest BCUT2D eigenvalue weighted by Gasteiger charge is 1.92. The minimum absolute atomic E-state index is 0.845. The van der Waals surface area contributed by atoms with Crippen molar-refractivity contribution in [2.45, 2.75) is 27.7 Å². The normalized spacial score (nSPS) is 9.20. The lowest BCUT2D eigenvalue weighted by Crippen LogP contribution is -1.86. The van der Waals surface area contributed by atoms with Crippen molar-refractivity contribution in [3.8, 4) is 0 Å². The van der Waals surface area contributed by atoms with Gasteiger partial charge in [0.25, 0.3) is 0 Å². The molecule has 0 aromatic heterocycles. The van der Waals surface area contributed by atoms with E-state index in [9.17, 15) is 0 Å². The third-order valence-corrected chi connectivity index (χ3v) is 3.29. The first kappa shape index (κ1) is 16.1. The summed E-state index contributed by atoms with van der Waals surface area (Å²) in [5, 5.41) is 2.34. The van der Waals surface area contributed by atoms with Crippen molar-refractivity contribution in [1.82, 2.24) is 0 Å². The lowest BCUT2D eigenvalue weighted by atomic mass is 10.1. The molecule has 0 radical (unpaired) electrons. The van der Waals surface area contributed by atoms with E-state index in [0.717, 1.165) is 11.4 Å². The molecule has 2 aromatic carbocycles. The largest absolute Gasteiger partial charge is 0.399 e. The molecular weight excluding hydrogens is 264 g/mol. The molecule has 2 rings (SSSR count). The van der Waals surface area contributed by atoms with Gasteiger partial charge in [-0.15, -0.1) is 0 Å². The van der Waals surface area contributed by atoms with E-state index >= 15 is 0 Å². The summed E-state index contributed by atoms with van der Waals surface area (Å²) in [5.41, 5.74) is 12.3. The van der Waals surface area contributed by atoms with Crippen LogP contribution < -0.4 is 5.73 Å². The summed E-state index contributed by atoms with van der Waals surface area (Å²) in [6.45, 7) is 8.26. The van der Waals surface area contributed by atoms with Gasteiger partial charge in [0.2, 0.25) is 0 Å². The van der Waals surface area contributed by atoms with Crippen molar-refractivity contribution < 1.29 is 0 Å². The number of nitrogens with zero attached hydrogens (tertiary/aromatic N) is 1. The van der Waals surface area contributed by atoms with Crippen LogP contribution in [0.1, 0.15) is 22.3 Å². The molecule has 0 aliphatic rings. The van der Waals surface area contributed by atoms with E-state index in [2.05, 4.69) is 50.1 Å². The van der Waals surface area contributed by atoms with Crippen LogP contribution in [0.5, 0.6) is 0 Å². The van der Waals surface area contributed by atoms with Crippen LogP contribution in [0, 0.1) is 27.7 Å². The smallest absolute Gasteiger partial charge is 0.0742 e. The lowest BCUT2D eigenvalue weighted by Gasteiger charge is -1.98. The zero-order chi connectivity index (χ0) is 15.1. The van der Waals surface area contributed by atoms with Gasteiger partial charge in [0.1, 0.15) is 0 Å². The molecule has 0 saturated carbocycles. The van der Waals surface area contributed by atoms with E-state index in [1.807, 2.05) is 36.4 Å². The van der Waals surface area contributed by atoms with Crippen LogP contribution in [0.2, 0.25) is 0 Å². The van der Waals surface area contributed by atoms with Crippen molar-refractivity contribution in [2.75, 3.05) is 5.73 Å². The first-order valence-electron chi connectivity index (χ1n) is 6.42. The second-order valence-electron chi connectivity index (χ2n) is 4.82. The first-order chi connectivity index (χ1) is 9.43. The van der Waals surface area contributed by atoms with Crippen LogP contribution in [0.25, 0.3) is 0 Å². The molecule has 0 aliphatic heterocycles. The highest BCUT2D eigenvalue weighted by Crippen LogP contribution is 2.16. The lowest BCUT2D eigenvalue weighted by molar-refractivity contribution is 1.33. The zero-order valence-corrected chi connectivity index (χ0v) is 13.2. The van der Waals surface area contributed by atoms with Crippen LogP contribution in [-0.2, 0) is 0 Å². The number of hydrogen-bond donors (Lipinski definition) is 1. The summed E-state index contributed by atoms with van der Waals surface area (Å²) in [4.78, 5) is 3.87. The number of benzene rings is 2. The number of aliphatic imine (C=N–C) groups is 1. The van der Waals surface area contributed by atoms with Gasteiger partial charge in [0.05, 0.1) is 10.8 Å². The number of nitrogen functional groups attached to an aromatic ring is 1. The predicted molar refractivity (Wildman–Crippen MR) is 90.9 cm³/mol. The second-order valence-corrected chi connectivity index (χ2v) is 5.00. The van der Waals surface area contributed by atoms with Gasteiger partial charge < -0.3 is 5.73 Å². The maximum atomic E-state index is 5.53. The molecule has 0 atom stereocenters. The van der Waals surface area contributed by atoms with Crippen LogP contribution in [-0.4, -0.2) is 5.16 Å². The Morgan fingerprint density at radius 3 is 1.85 bits per heavy atom. The Kier molecular flexibility index (Phi) is 6.10. The average molecular weight is 284 g/mol. The van der Waals surface area contributed by atoms with Gasteiger partial charge in [-0.05, 0) is 86.4 Å². The van der Waals surface area contributed by atoms with Gasteiger partial charge in [-0.2, -0.15) is 4.99 Å². The third kappa shape index (κ3) is 4.96. The fourth-order valence-electron chi connectivity index (χ4n) is 1.61. The number of isothiocyanates is 1. The molecule has 0 aliphatic carbocycles. The SMILES string of the molecule is Cc1ccc(N)cc1C.Cc1ccc(N=C=S)cc1C. The molecule has 2 nitrogen and oxygen atoms in total. The molecule has 0 saturated heterocycles. The van der Waals surface area contributed by atoms with Gasteiger partial charge in [-0.3, -0.25) is 0 Å². The molecule has 2 N–H and O–H groups in total. The quantitative estimate of drug-likeness (QED) is 0.458. The van der Waals surface area contributed by atoms with Gasteiger partial charge in [-0.25, -0.2) is 0 Å². The fraction of sp³-hybridized carbons (Fsp3) is 0.235. The molecule has 20 heavy (non-hydrogen) atoms. The molecule has 104 valence electrons. The zero-order valence-electron chi connectivity index (χ0n) is 12.4. The Bertz CT molecular complexity index is 641. The van der Waals surface area contributed by atoms with E-state index in [0.29, 0.717) is 0 Å². The highest BCUT2D eigenvalue weighted by molar-refractivity contribution is 7.78. The van der Waals surface area contributed by atoms with E-state index in [1.165, 1.54) is 22.3 Å². The molecule has 0 bridgehead atoms. The molecule has 2 aromatic rings. The summed E-state index contributed by atoms with van der Waals surface area (Å²) in [6.07, 6.45) is 0. The summed E-state index contributed by atoms with van der Waals surface area (Å²) in [5.74, 6) is 0. The molecule has 0 spiro atoms. The molecule has 0 amide bonds. The number of rotatable bonds is 1. The number of aryl methyl sites for hydroxylation is 4. The van der Waals surface area contributed by atoms with E-state index in [1.54, 1.807) is 0 Å². The number of hydrogen-bond acceptors (Lipinski definition) is 3. The van der Waals surface area contributed by atoms with Crippen LogP contribution >= 0.6 is 12.2 Å². The Morgan fingerprint density at radius 1 is 0.850 bits per heavy atom. The molecule has 3 heteroatoms. The maximum absolute atomic E-state index is 5.53. The monoisotopic (exact) mass is 284 g/mol. The molecule has 0 unspecified atom stereocenters. The number of anilines is 1. The maximum Gasteiger partial charge on any atom is 0.0742 e. The molecular formula is C17H20N2S. The predicted octanol–water partition coefficient (Wildman–Crippen LogP) is 4.92. The molecule has 0 heterocycles. The average Bonchev–Trinajstić information content (AvgIpc) is 2.40. The van der Waals surface area contributed by atoms with Gasteiger partial charge in [-0.1, -0.05) is 12.1 Å². The van der Waals surface area contributed by atoms with Crippen molar-refractivity contribution in [3.05, 3.63) is 58.7 Å². The highest BCUT2D eigenvalue weighted by atomic mass is 32.1. The van der Waals surface area contributed by atoms with Gasteiger partial charge in [0, 0.05) is 5.69 Å². The van der Waals surface area contributed by atoms with Crippen LogP contribution in [0.3, 0.4) is 0 Å². The van der Waals surface area contributed by atoms with E-state index in [-0.39, 0.29) is 0 Å². The van der Waals surface area contributed by atoms with Crippen molar-refractivity contribution in [1.29, 1.82) is 0 Å². The summed E-state index contributed by atoms with van der Waals surface area (Å²) < 4.78 is 0. The van der Waals surface area contributed by atoms with Crippen LogP contribution in [0.15, 0.2) is 41.4 Å². The van der Waals surface area contributed by atoms with Crippen LogP contribution in [0.4, 0.5) is 11.4 Å². The minimum Gasteiger partial charge on any atom is -0.399 e. The fourth-order valence-corrected chi connectivity index (χ4v) is 1.72. The van der Waals surface area contributed by atoms with Crippen molar-refractivity contribution >= 4 is 28.8 Å². The van der Waals surface area contributed by atoms with Gasteiger partial charge in [0.15, 0.2) is 0 Å². The van der Waals surface area contributed by atoms with Gasteiger partial charge >= 0.3 is 0 Å². The number of nitrogens with two attached hydrogens (primary N) is 1. The van der Waals surface area contributed by atoms with E-state index < -0.39 is 0 Å².